The van der Waals surface area contributed by atoms with Gasteiger partial charge in [-0.1, -0.05) is 19.1 Å². The van der Waals surface area contributed by atoms with Crippen LogP contribution in [0.25, 0.3) is 0 Å². The lowest BCUT2D eigenvalue weighted by molar-refractivity contribution is -0.137. The molecule has 0 aliphatic carbocycles. The summed E-state index contributed by atoms with van der Waals surface area (Å²) in [6.07, 6.45) is 2.51. The van der Waals surface area contributed by atoms with Crippen molar-refractivity contribution in [2.75, 3.05) is 13.1 Å². The number of carbonyl (C=O) groups excluding carboxylic acids is 1. The van der Waals surface area contributed by atoms with E-state index in [2.05, 4.69) is 17.6 Å². The van der Waals surface area contributed by atoms with E-state index in [0.29, 0.717) is 24.9 Å². The number of hydrogen-bond donors (Lipinski definition) is 3. The summed E-state index contributed by atoms with van der Waals surface area (Å²) in [5.41, 5.74) is 1.79. The molecule has 0 heterocycles. The van der Waals surface area contributed by atoms with Crippen LogP contribution in [0.4, 0.5) is 0 Å². The van der Waals surface area contributed by atoms with Crippen LogP contribution in [0.15, 0.2) is 24.3 Å². The Morgan fingerprint density at radius 3 is 2.43 bits per heavy atom. The summed E-state index contributed by atoms with van der Waals surface area (Å²) in [5, 5.41) is 14.6. The zero-order valence-corrected chi connectivity index (χ0v) is 12.5. The number of amides is 1. The quantitative estimate of drug-likeness (QED) is 0.578. The van der Waals surface area contributed by atoms with E-state index in [0.717, 1.165) is 25.1 Å². The molecule has 0 radical (unpaired) electrons. The first-order valence-corrected chi connectivity index (χ1v) is 7.43. The average Bonchev–Trinajstić information content (AvgIpc) is 2.47. The van der Waals surface area contributed by atoms with Gasteiger partial charge >= 0.3 is 5.97 Å². The fraction of sp³-hybridized carbons (Fsp3) is 0.500. The molecule has 0 aromatic heterocycles. The normalized spacial score (nSPS) is 10.3. The van der Waals surface area contributed by atoms with Crippen molar-refractivity contribution in [1.82, 2.24) is 10.6 Å². The number of benzene rings is 1. The Morgan fingerprint density at radius 1 is 1.10 bits per heavy atom. The van der Waals surface area contributed by atoms with Crippen LogP contribution in [-0.2, 0) is 11.3 Å². The first-order chi connectivity index (χ1) is 10.1. The van der Waals surface area contributed by atoms with Crippen molar-refractivity contribution in [3.63, 3.8) is 0 Å². The van der Waals surface area contributed by atoms with Crippen molar-refractivity contribution >= 4 is 11.9 Å². The van der Waals surface area contributed by atoms with Crippen molar-refractivity contribution in [3.05, 3.63) is 35.4 Å². The molecule has 0 spiro atoms. The Hall–Kier alpha value is -1.88. The summed E-state index contributed by atoms with van der Waals surface area (Å²) < 4.78 is 0. The van der Waals surface area contributed by atoms with E-state index in [1.807, 2.05) is 24.3 Å². The fourth-order valence-corrected chi connectivity index (χ4v) is 1.89. The minimum atomic E-state index is -0.798. The molecule has 1 aromatic rings. The lowest BCUT2D eigenvalue weighted by Crippen LogP contribution is -2.24. The van der Waals surface area contributed by atoms with Crippen molar-refractivity contribution < 1.29 is 14.7 Å². The number of carboxylic acid groups (broad SMARTS) is 1. The monoisotopic (exact) mass is 292 g/mol. The van der Waals surface area contributed by atoms with Gasteiger partial charge in [0.05, 0.1) is 0 Å². The molecule has 0 saturated carbocycles. The zero-order valence-electron chi connectivity index (χ0n) is 12.5. The minimum Gasteiger partial charge on any atom is -0.481 e. The third kappa shape index (κ3) is 7.46. The molecule has 5 heteroatoms. The molecule has 1 aromatic carbocycles. The Balaban J connectivity index is 2.29. The number of carbonyl (C=O) groups is 2. The van der Waals surface area contributed by atoms with Gasteiger partial charge in [0, 0.05) is 25.1 Å². The van der Waals surface area contributed by atoms with Crippen molar-refractivity contribution in [3.8, 4) is 0 Å². The highest BCUT2D eigenvalue weighted by Gasteiger charge is 2.05. The molecular formula is C16H24N2O3. The Kier molecular flexibility index (Phi) is 8.12. The third-order valence-electron chi connectivity index (χ3n) is 3.08. The first kappa shape index (κ1) is 17.2. The first-order valence-electron chi connectivity index (χ1n) is 7.43. The van der Waals surface area contributed by atoms with Gasteiger partial charge < -0.3 is 15.7 Å². The van der Waals surface area contributed by atoms with E-state index in [1.165, 1.54) is 0 Å². The molecule has 0 atom stereocenters. The van der Waals surface area contributed by atoms with Crippen LogP contribution in [-0.4, -0.2) is 30.1 Å². The smallest absolute Gasteiger partial charge is 0.303 e. The summed E-state index contributed by atoms with van der Waals surface area (Å²) in [7, 11) is 0. The van der Waals surface area contributed by atoms with Gasteiger partial charge in [-0.25, -0.2) is 0 Å². The molecule has 116 valence electrons. The number of aliphatic carboxylic acids is 1. The predicted molar refractivity (Wildman–Crippen MR) is 82.3 cm³/mol. The molecule has 21 heavy (non-hydrogen) atoms. The molecule has 0 saturated heterocycles. The lowest BCUT2D eigenvalue weighted by Gasteiger charge is -2.07. The van der Waals surface area contributed by atoms with Crippen LogP contribution < -0.4 is 10.6 Å². The molecule has 0 aliphatic heterocycles. The Bertz CT molecular complexity index is 443. The summed E-state index contributed by atoms with van der Waals surface area (Å²) in [5.74, 6) is -0.910. The Labute approximate surface area is 125 Å². The predicted octanol–water partition coefficient (Wildman–Crippen LogP) is 2.17. The summed E-state index contributed by atoms with van der Waals surface area (Å²) in [6, 6.07) is 7.52. The topological polar surface area (TPSA) is 78.4 Å². The van der Waals surface area contributed by atoms with Crippen LogP contribution in [0.5, 0.6) is 0 Å². The second-order valence-corrected chi connectivity index (χ2v) is 4.98. The van der Waals surface area contributed by atoms with Crippen molar-refractivity contribution in [2.45, 2.75) is 39.2 Å². The molecule has 0 aliphatic rings. The van der Waals surface area contributed by atoms with E-state index in [-0.39, 0.29) is 12.3 Å². The van der Waals surface area contributed by atoms with Crippen LogP contribution >= 0.6 is 0 Å². The van der Waals surface area contributed by atoms with Gasteiger partial charge in [-0.3, -0.25) is 9.59 Å². The summed E-state index contributed by atoms with van der Waals surface area (Å²) >= 11 is 0. The van der Waals surface area contributed by atoms with Gasteiger partial charge in [0.25, 0.3) is 5.91 Å². The van der Waals surface area contributed by atoms with Gasteiger partial charge in [-0.2, -0.15) is 0 Å². The number of unbranched alkanes of at least 4 members (excludes halogenated alkanes) is 1. The largest absolute Gasteiger partial charge is 0.481 e. The van der Waals surface area contributed by atoms with Crippen LogP contribution in [0.1, 0.15) is 48.5 Å². The zero-order chi connectivity index (χ0) is 15.5. The molecule has 0 fully saturated rings. The number of nitrogens with one attached hydrogen (secondary N) is 2. The minimum absolute atomic E-state index is 0.113. The second-order valence-electron chi connectivity index (χ2n) is 4.98. The van der Waals surface area contributed by atoms with Crippen molar-refractivity contribution in [2.24, 2.45) is 0 Å². The highest BCUT2D eigenvalue weighted by Crippen LogP contribution is 2.04. The number of rotatable bonds is 10. The molecule has 1 amide bonds. The van der Waals surface area contributed by atoms with E-state index < -0.39 is 5.97 Å². The average molecular weight is 292 g/mol. The second kappa shape index (κ2) is 9.94. The number of hydrogen-bond acceptors (Lipinski definition) is 3. The van der Waals surface area contributed by atoms with E-state index in [1.54, 1.807) is 0 Å². The maximum atomic E-state index is 11.9. The molecule has 1 rings (SSSR count). The molecular weight excluding hydrogens is 268 g/mol. The highest BCUT2D eigenvalue weighted by atomic mass is 16.4. The van der Waals surface area contributed by atoms with Gasteiger partial charge in [0.2, 0.25) is 0 Å². The van der Waals surface area contributed by atoms with Crippen molar-refractivity contribution in [1.29, 1.82) is 0 Å². The fourth-order valence-electron chi connectivity index (χ4n) is 1.89. The van der Waals surface area contributed by atoms with E-state index in [9.17, 15) is 9.59 Å². The van der Waals surface area contributed by atoms with Crippen LogP contribution in [0.3, 0.4) is 0 Å². The Morgan fingerprint density at radius 2 is 1.81 bits per heavy atom. The standard InChI is InChI=1S/C16H24N2O3/c1-2-10-17-12-13-6-8-14(9-7-13)16(21)18-11-4-3-5-15(19)20/h6-9,17H,2-5,10-12H2,1H3,(H,18,21)(H,19,20). The molecule has 0 unspecified atom stereocenters. The van der Waals surface area contributed by atoms with E-state index in [4.69, 9.17) is 5.11 Å². The highest BCUT2D eigenvalue weighted by molar-refractivity contribution is 5.94. The summed E-state index contributed by atoms with van der Waals surface area (Å²) in [6.45, 7) is 4.42. The molecule has 0 bridgehead atoms. The lowest BCUT2D eigenvalue weighted by atomic mass is 10.1. The third-order valence-corrected chi connectivity index (χ3v) is 3.08. The molecule has 5 nitrogen and oxygen atoms in total. The maximum absolute atomic E-state index is 11.9. The van der Waals surface area contributed by atoms with E-state index >= 15 is 0 Å². The maximum Gasteiger partial charge on any atom is 0.303 e. The number of carboxylic acids is 1. The van der Waals surface area contributed by atoms with Crippen LogP contribution in [0, 0.1) is 0 Å². The van der Waals surface area contributed by atoms with Crippen LogP contribution in [0.2, 0.25) is 0 Å². The van der Waals surface area contributed by atoms with Gasteiger partial charge in [-0.15, -0.1) is 0 Å². The molecule has 3 N–H and O–H groups in total. The summed E-state index contributed by atoms with van der Waals surface area (Å²) in [4.78, 5) is 22.2. The van der Waals surface area contributed by atoms with Gasteiger partial charge in [-0.05, 0) is 43.5 Å². The SMILES string of the molecule is CCCNCc1ccc(C(=O)NCCCCC(=O)O)cc1. The van der Waals surface area contributed by atoms with Gasteiger partial charge in [0.15, 0.2) is 0 Å². The van der Waals surface area contributed by atoms with Gasteiger partial charge in [0.1, 0.15) is 0 Å².